The summed E-state index contributed by atoms with van der Waals surface area (Å²) >= 11 is 0. The first kappa shape index (κ1) is 14.1. The molecule has 0 atom stereocenters. The maximum atomic E-state index is 13.0. The number of benzene rings is 2. The molecule has 0 unspecified atom stereocenters. The second-order valence-corrected chi connectivity index (χ2v) is 5.03. The van der Waals surface area contributed by atoms with E-state index in [4.69, 9.17) is 10.5 Å². The zero-order chi connectivity index (χ0) is 16.7. The molecule has 118 valence electrons. The van der Waals surface area contributed by atoms with Crippen LogP contribution in [0.4, 0.5) is 4.39 Å². The summed E-state index contributed by atoms with van der Waals surface area (Å²) in [6.45, 7) is 0. The molecule has 0 radical (unpaired) electrons. The predicted octanol–water partition coefficient (Wildman–Crippen LogP) is 2.31. The molecule has 8 heteroatoms. The van der Waals surface area contributed by atoms with Gasteiger partial charge < -0.3 is 10.5 Å². The molecule has 4 aromatic rings. The van der Waals surface area contributed by atoms with Crippen molar-refractivity contribution >= 4 is 22.3 Å². The molecular weight excluding hydrogens is 313 g/mol. The summed E-state index contributed by atoms with van der Waals surface area (Å²) in [4.78, 5) is 11.5. The molecule has 0 spiro atoms. The van der Waals surface area contributed by atoms with Crippen LogP contribution in [0.5, 0.6) is 11.6 Å². The number of primary amides is 1. The first-order chi connectivity index (χ1) is 11.6. The fraction of sp³-hybridized carbons (Fsp3) is 0. The number of rotatable bonds is 3. The van der Waals surface area contributed by atoms with Gasteiger partial charge in [0.2, 0.25) is 11.7 Å². The Kier molecular flexibility index (Phi) is 3.09. The summed E-state index contributed by atoms with van der Waals surface area (Å²) in [7, 11) is 0. The van der Waals surface area contributed by atoms with Crippen molar-refractivity contribution in [1.29, 1.82) is 0 Å². The highest BCUT2D eigenvalue weighted by Gasteiger charge is 2.18. The van der Waals surface area contributed by atoms with Crippen LogP contribution in [-0.2, 0) is 0 Å². The largest absolute Gasteiger partial charge is 0.437 e. The number of carbonyl (C=O) groups is 1. The number of nitrogens with zero attached hydrogens (tertiary/aromatic N) is 4. The van der Waals surface area contributed by atoms with E-state index >= 15 is 0 Å². The van der Waals surface area contributed by atoms with Gasteiger partial charge in [-0.15, -0.1) is 15.3 Å². The van der Waals surface area contributed by atoms with Crippen LogP contribution in [0.15, 0.2) is 48.5 Å². The van der Waals surface area contributed by atoms with Crippen molar-refractivity contribution < 1.29 is 13.9 Å². The van der Waals surface area contributed by atoms with Crippen LogP contribution < -0.4 is 10.5 Å². The molecule has 0 saturated heterocycles. The summed E-state index contributed by atoms with van der Waals surface area (Å²) in [6.07, 6.45) is 0. The van der Waals surface area contributed by atoms with Gasteiger partial charge in [0.1, 0.15) is 11.6 Å². The molecule has 4 rings (SSSR count). The summed E-state index contributed by atoms with van der Waals surface area (Å²) in [5.41, 5.74) is 5.70. The monoisotopic (exact) mass is 323 g/mol. The van der Waals surface area contributed by atoms with Crippen molar-refractivity contribution in [2.24, 2.45) is 5.73 Å². The van der Waals surface area contributed by atoms with Gasteiger partial charge in [0.05, 0.1) is 0 Å². The van der Waals surface area contributed by atoms with Crippen LogP contribution in [0, 0.1) is 5.82 Å². The molecule has 0 aliphatic carbocycles. The number of hydrogen-bond acceptors (Lipinski definition) is 5. The first-order valence-electron chi connectivity index (χ1n) is 7.01. The van der Waals surface area contributed by atoms with Gasteiger partial charge in [0.25, 0.3) is 5.91 Å². The maximum absolute atomic E-state index is 13.0. The van der Waals surface area contributed by atoms with Crippen molar-refractivity contribution in [2.75, 3.05) is 0 Å². The minimum Gasteiger partial charge on any atom is -0.437 e. The molecule has 2 aromatic carbocycles. The lowest BCUT2D eigenvalue weighted by Gasteiger charge is -2.09. The van der Waals surface area contributed by atoms with Crippen LogP contribution in [0.25, 0.3) is 16.4 Å². The molecule has 0 fully saturated rings. The molecule has 0 saturated carbocycles. The molecule has 2 N–H and O–H groups in total. The molecule has 24 heavy (non-hydrogen) atoms. The molecule has 2 heterocycles. The third-order valence-electron chi connectivity index (χ3n) is 3.48. The van der Waals surface area contributed by atoms with E-state index in [1.54, 1.807) is 6.07 Å². The fourth-order valence-electron chi connectivity index (χ4n) is 2.40. The van der Waals surface area contributed by atoms with Gasteiger partial charge >= 0.3 is 0 Å². The van der Waals surface area contributed by atoms with Crippen molar-refractivity contribution in [3.8, 4) is 11.6 Å². The average Bonchev–Trinajstić information content (AvgIpc) is 3.01. The van der Waals surface area contributed by atoms with Gasteiger partial charge in [-0.05, 0) is 30.3 Å². The Labute approximate surface area is 134 Å². The Morgan fingerprint density at radius 1 is 1.04 bits per heavy atom. The lowest BCUT2D eigenvalue weighted by molar-refractivity contribution is 0.0988. The molecule has 0 bridgehead atoms. The van der Waals surface area contributed by atoms with E-state index in [9.17, 15) is 9.18 Å². The molecule has 2 aromatic heterocycles. The zero-order valence-corrected chi connectivity index (χ0v) is 12.2. The van der Waals surface area contributed by atoms with Crippen LogP contribution >= 0.6 is 0 Å². The Hall–Kier alpha value is -3.55. The van der Waals surface area contributed by atoms with Gasteiger partial charge in [0.15, 0.2) is 5.65 Å². The van der Waals surface area contributed by atoms with Crippen LogP contribution in [-0.4, -0.2) is 25.7 Å². The van der Waals surface area contributed by atoms with E-state index in [0.717, 1.165) is 0 Å². The predicted molar refractivity (Wildman–Crippen MR) is 83.3 cm³/mol. The number of ether oxygens (including phenoxy) is 1. The van der Waals surface area contributed by atoms with Gasteiger partial charge in [-0.1, -0.05) is 18.2 Å². The molecule has 7 nitrogen and oxygen atoms in total. The van der Waals surface area contributed by atoms with Crippen molar-refractivity contribution in [3.05, 3.63) is 60.2 Å². The summed E-state index contributed by atoms with van der Waals surface area (Å²) in [5, 5.41) is 13.4. The lowest BCUT2D eigenvalue weighted by atomic mass is 10.2. The van der Waals surface area contributed by atoms with Gasteiger partial charge in [-0.25, -0.2) is 4.39 Å². The van der Waals surface area contributed by atoms with Gasteiger partial charge in [-0.3, -0.25) is 4.79 Å². The number of halogens is 1. The number of aromatic nitrogens is 4. The highest BCUT2D eigenvalue weighted by molar-refractivity contribution is 5.98. The van der Waals surface area contributed by atoms with E-state index in [1.165, 1.54) is 28.8 Å². The third-order valence-corrected chi connectivity index (χ3v) is 3.48. The van der Waals surface area contributed by atoms with E-state index in [-0.39, 0.29) is 17.5 Å². The highest BCUT2D eigenvalue weighted by atomic mass is 19.1. The highest BCUT2D eigenvalue weighted by Crippen LogP contribution is 2.29. The number of nitrogens with two attached hydrogens (primary N) is 1. The second kappa shape index (κ2) is 5.27. The third kappa shape index (κ3) is 2.21. The van der Waals surface area contributed by atoms with Crippen LogP contribution in [0.3, 0.4) is 0 Å². The normalized spacial score (nSPS) is 11.0. The number of amides is 1. The molecule has 0 aliphatic heterocycles. The SMILES string of the molecule is NC(=O)c1nnc2c3ccccc3c(Oc3ccc(F)cc3)nn12. The molecule has 0 aliphatic rings. The van der Waals surface area contributed by atoms with Crippen LogP contribution in [0.2, 0.25) is 0 Å². The van der Waals surface area contributed by atoms with E-state index < -0.39 is 5.91 Å². The summed E-state index contributed by atoms with van der Waals surface area (Å²) in [5.74, 6) is -0.586. The van der Waals surface area contributed by atoms with E-state index in [0.29, 0.717) is 22.2 Å². The quantitative estimate of drug-likeness (QED) is 0.624. The zero-order valence-electron chi connectivity index (χ0n) is 12.2. The van der Waals surface area contributed by atoms with Crippen molar-refractivity contribution in [1.82, 2.24) is 19.8 Å². The topological polar surface area (TPSA) is 95.4 Å². The van der Waals surface area contributed by atoms with Gasteiger partial charge in [0, 0.05) is 10.8 Å². The Bertz CT molecular complexity index is 1080. The standard InChI is InChI=1S/C16H10FN5O2/c17-9-5-7-10(8-6-9)24-16-12-4-2-1-3-11(12)14-19-20-15(13(18)23)22(14)21-16/h1-8H,(H2,18,23). The number of carbonyl (C=O) groups excluding carboxylic acids is 1. The fourth-order valence-corrected chi connectivity index (χ4v) is 2.40. The minimum atomic E-state index is -0.752. The molecule has 1 amide bonds. The van der Waals surface area contributed by atoms with Gasteiger partial charge in [-0.2, -0.15) is 4.52 Å². The first-order valence-corrected chi connectivity index (χ1v) is 7.01. The van der Waals surface area contributed by atoms with E-state index in [2.05, 4.69) is 15.3 Å². The number of hydrogen-bond donors (Lipinski definition) is 1. The maximum Gasteiger partial charge on any atom is 0.288 e. The Morgan fingerprint density at radius 2 is 1.75 bits per heavy atom. The lowest BCUT2D eigenvalue weighted by Crippen LogP contribution is -2.16. The smallest absolute Gasteiger partial charge is 0.288 e. The van der Waals surface area contributed by atoms with Crippen molar-refractivity contribution in [2.45, 2.75) is 0 Å². The Morgan fingerprint density at radius 3 is 2.46 bits per heavy atom. The summed E-state index contributed by atoms with van der Waals surface area (Å²) in [6, 6.07) is 12.8. The number of fused-ring (bicyclic) bond motifs is 3. The minimum absolute atomic E-state index is 0.0975. The Balaban J connectivity index is 1.96. The van der Waals surface area contributed by atoms with Crippen molar-refractivity contribution in [3.63, 3.8) is 0 Å². The molecular formula is C16H10FN5O2. The summed E-state index contributed by atoms with van der Waals surface area (Å²) < 4.78 is 20.0. The van der Waals surface area contributed by atoms with E-state index in [1.807, 2.05) is 18.2 Å². The average molecular weight is 323 g/mol. The van der Waals surface area contributed by atoms with Crippen LogP contribution in [0.1, 0.15) is 10.6 Å². The second-order valence-electron chi connectivity index (χ2n) is 5.03.